The molecule has 1 heterocycles. The van der Waals surface area contributed by atoms with Crippen LogP contribution in [0.4, 0.5) is 11.4 Å². The quantitative estimate of drug-likeness (QED) is 0.120. The number of nitrogens with zero attached hydrogens (tertiary/aromatic N) is 2. The number of ether oxygens (including phenoxy) is 3. The second kappa shape index (κ2) is 16.0. The summed E-state index contributed by atoms with van der Waals surface area (Å²) in [4.78, 5) is 23.5. The minimum absolute atomic E-state index is 0.0139. The fourth-order valence-electron chi connectivity index (χ4n) is 4.67. The Balaban J connectivity index is 1.36. The van der Waals surface area contributed by atoms with E-state index in [-0.39, 0.29) is 55.1 Å². The number of hydrogen-bond donors (Lipinski definition) is 3. The number of anilines is 1. The van der Waals surface area contributed by atoms with Crippen LogP contribution in [0.2, 0.25) is 0 Å². The van der Waals surface area contributed by atoms with Gasteiger partial charge in [-0.15, -0.1) is 0 Å². The monoisotopic (exact) mass is 640 g/mol. The highest BCUT2D eigenvalue weighted by Crippen LogP contribution is 2.31. The van der Waals surface area contributed by atoms with Gasteiger partial charge >= 0.3 is 0 Å². The molecule has 0 aromatic heterocycles. The van der Waals surface area contributed by atoms with Gasteiger partial charge in [-0.3, -0.25) is 14.9 Å². The number of methoxy groups -OCH3 is 1. The van der Waals surface area contributed by atoms with Gasteiger partial charge in [0.25, 0.3) is 11.6 Å². The minimum atomic E-state index is -3.92. The Labute approximate surface area is 261 Å². The summed E-state index contributed by atoms with van der Waals surface area (Å²) in [6, 6.07) is 21.5. The molecule has 13 nitrogen and oxygen atoms in total. The number of non-ortho nitro benzene ring substituents is 1. The predicted octanol–water partition coefficient (Wildman–Crippen LogP) is 3.25. The van der Waals surface area contributed by atoms with Crippen LogP contribution >= 0.6 is 0 Å². The normalized spacial score (nSPS) is 16.4. The van der Waals surface area contributed by atoms with Crippen LogP contribution in [0.3, 0.4) is 0 Å². The van der Waals surface area contributed by atoms with Gasteiger partial charge in [-0.25, -0.2) is 8.42 Å². The summed E-state index contributed by atoms with van der Waals surface area (Å²) in [5.74, 6) is -0.0465. The molecular formula is C31H36N4O9S. The molecule has 3 aromatic carbocycles. The molecule has 1 amide bonds. The highest BCUT2D eigenvalue weighted by atomic mass is 32.2. The van der Waals surface area contributed by atoms with Crippen molar-refractivity contribution in [3.63, 3.8) is 0 Å². The fourth-order valence-corrected chi connectivity index (χ4v) is 6.08. The molecule has 1 aliphatic heterocycles. The molecule has 14 heteroatoms. The number of aliphatic hydroxyl groups excluding tert-OH is 1. The lowest BCUT2D eigenvalue weighted by Crippen LogP contribution is -2.38. The summed E-state index contributed by atoms with van der Waals surface area (Å²) in [6.07, 6.45) is 1.30. The van der Waals surface area contributed by atoms with Crippen molar-refractivity contribution in [1.82, 2.24) is 9.62 Å². The molecule has 2 atom stereocenters. The molecule has 3 N–H and O–H groups in total. The SMILES string of the molecule is COc1ccc(S(=O)(=O)N(CCO)CCO[C@H]2C[C@@H](c3ccccc3)C=C(C(=O)NCCNc3ccc([N+](=O)[O-])cc3)O2)cc1. The van der Waals surface area contributed by atoms with Crippen molar-refractivity contribution in [3.05, 3.63) is 106 Å². The van der Waals surface area contributed by atoms with Crippen molar-refractivity contribution in [3.8, 4) is 5.75 Å². The third-order valence-corrected chi connectivity index (χ3v) is 8.93. The van der Waals surface area contributed by atoms with Crippen molar-refractivity contribution < 1.29 is 37.5 Å². The zero-order chi connectivity index (χ0) is 32.2. The molecule has 0 saturated carbocycles. The second-order valence-electron chi connectivity index (χ2n) is 9.99. The Morgan fingerprint density at radius 3 is 2.40 bits per heavy atom. The summed E-state index contributed by atoms with van der Waals surface area (Å²) in [7, 11) is -2.44. The van der Waals surface area contributed by atoms with E-state index in [1.54, 1.807) is 30.3 Å². The standard InChI is InChI=1S/C31H36N4O9S/c1-42-27-11-13-28(14-12-27)45(40,41)34(17-19-36)18-20-43-30-22-24(23-5-3-2-4-6-23)21-29(44-30)31(37)33-16-15-32-25-7-9-26(10-8-25)35(38)39/h2-14,21,24,30,32,36H,15-20,22H2,1H3,(H,33,37)/t24-,30+/m0/s1. The topological polar surface area (TPSA) is 170 Å². The molecule has 240 valence electrons. The minimum Gasteiger partial charge on any atom is -0.497 e. The molecule has 0 saturated heterocycles. The van der Waals surface area contributed by atoms with Crippen LogP contribution in [-0.4, -0.2) is 81.5 Å². The maximum absolute atomic E-state index is 13.2. The van der Waals surface area contributed by atoms with Gasteiger partial charge in [0, 0.05) is 56.3 Å². The predicted molar refractivity (Wildman–Crippen MR) is 166 cm³/mol. The van der Waals surface area contributed by atoms with Gasteiger partial charge in [-0.05, 0) is 48.0 Å². The first-order valence-corrected chi connectivity index (χ1v) is 15.7. The van der Waals surface area contributed by atoms with Gasteiger partial charge in [0.05, 0.1) is 30.1 Å². The van der Waals surface area contributed by atoms with Crippen molar-refractivity contribution in [2.75, 3.05) is 51.8 Å². The van der Waals surface area contributed by atoms with E-state index in [0.29, 0.717) is 24.4 Å². The lowest BCUT2D eigenvalue weighted by Gasteiger charge is -2.30. The number of rotatable bonds is 16. The lowest BCUT2D eigenvalue weighted by molar-refractivity contribution is -0.384. The first kappa shape index (κ1) is 33.4. The van der Waals surface area contributed by atoms with E-state index in [1.165, 1.54) is 31.4 Å². The second-order valence-corrected chi connectivity index (χ2v) is 11.9. The Morgan fingerprint density at radius 2 is 1.76 bits per heavy atom. The fraction of sp³-hybridized carbons (Fsp3) is 0.323. The summed E-state index contributed by atoms with van der Waals surface area (Å²) < 4.78 is 44.6. The van der Waals surface area contributed by atoms with Crippen molar-refractivity contribution in [2.24, 2.45) is 0 Å². The highest BCUT2D eigenvalue weighted by molar-refractivity contribution is 7.89. The van der Waals surface area contributed by atoms with Crippen LogP contribution < -0.4 is 15.4 Å². The average Bonchev–Trinajstić information content (AvgIpc) is 3.06. The molecule has 4 rings (SSSR count). The number of aliphatic hydroxyl groups is 1. The molecule has 3 aromatic rings. The summed E-state index contributed by atoms with van der Waals surface area (Å²) in [5.41, 5.74) is 1.62. The van der Waals surface area contributed by atoms with E-state index in [9.17, 15) is 28.4 Å². The van der Waals surface area contributed by atoms with E-state index in [0.717, 1.165) is 9.87 Å². The average molecular weight is 641 g/mol. The molecule has 0 bridgehead atoms. The number of nitro benzene ring substituents is 1. The maximum Gasteiger partial charge on any atom is 0.286 e. The van der Waals surface area contributed by atoms with Crippen LogP contribution in [0.15, 0.2) is 95.6 Å². The number of hydrogen-bond acceptors (Lipinski definition) is 10. The molecule has 1 aliphatic rings. The first-order chi connectivity index (χ1) is 21.7. The Morgan fingerprint density at radius 1 is 1.04 bits per heavy atom. The van der Waals surface area contributed by atoms with Crippen LogP contribution in [0, 0.1) is 10.1 Å². The number of sulfonamides is 1. The number of nitro groups is 1. The smallest absolute Gasteiger partial charge is 0.286 e. The van der Waals surface area contributed by atoms with Crippen molar-refractivity contribution >= 4 is 27.3 Å². The zero-order valence-corrected chi connectivity index (χ0v) is 25.5. The molecule has 0 aliphatic carbocycles. The van der Waals surface area contributed by atoms with Crippen molar-refractivity contribution in [1.29, 1.82) is 0 Å². The van der Waals surface area contributed by atoms with E-state index in [1.807, 2.05) is 30.3 Å². The number of carbonyl (C=O) groups excluding carboxylic acids is 1. The Hall–Kier alpha value is -4.50. The van der Waals surface area contributed by atoms with E-state index in [4.69, 9.17) is 14.2 Å². The number of carbonyl (C=O) groups is 1. The maximum atomic E-state index is 13.2. The van der Waals surface area contributed by atoms with Crippen molar-refractivity contribution in [2.45, 2.75) is 23.5 Å². The van der Waals surface area contributed by atoms with Crippen LogP contribution in [-0.2, 0) is 24.3 Å². The molecule has 0 fully saturated rings. The van der Waals surface area contributed by atoms with Gasteiger partial charge in [0.1, 0.15) is 5.75 Å². The van der Waals surface area contributed by atoms with Gasteiger partial charge < -0.3 is 30.0 Å². The Kier molecular flexibility index (Phi) is 11.9. The number of amides is 1. The third kappa shape index (κ3) is 9.25. The number of benzene rings is 3. The summed E-state index contributed by atoms with van der Waals surface area (Å²) >= 11 is 0. The molecule has 0 unspecified atom stereocenters. The highest BCUT2D eigenvalue weighted by Gasteiger charge is 2.30. The Bertz CT molecular complexity index is 1550. The molecule has 45 heavy (non-hydrogen) atoms. The first-order valence-electron chi connectivity index (χ1n) is 14.3. The number of allylic oxidation sites excluding steroid dienone is 1. The van der Waals surface area contributed by atoms with Crippen LogP contribution in [0.1, 0.15) is 17.9 Å². The van der Waals surface area contributed by atoms with E-state index >= 15 is 0 Å². The van der Waals surface area contributed by atoms with Gasteiger partial charge in [-0.2, -0.15) is 4.31 Å². The lowest BCUT2D eigenvalue weighted by atomic mass is 9.93. The zero-order valence-electron chi connectivity index (χ0n) is 24.7. The summed E-state index contributed by atoms with van der Waals surface area (Å²) in [5, 5.41) is 26.3. The van der Waals surface area contributed by atoms with Gasteiger partial charge in [0.2, 0.25) is 16.3 Å². The van der Waals surface area contributed by atoms with Crippen LogP contribution in [0.5, 0.6) is 5.75 Å². The largest absolute Gasteiger partial charge is 0.497 e. The third-order valence-electron chi connectivity index (χ3n) is 7.02. The van der Waals surface area contributed by atoms with E-state index in [2.05, 4.69) is 10.6 Å². The van der Waals surface area contributed by atoms with E-state index < -0.39 is 27.1 Å². The molecule has 0 radical (unpaired) electrons. The van der Waals surface area contributed by atoms with Crippen LogP contribution in [0.25, 0.3) is 0 Å². The molecule has 0 spiro atoms. The number of nitrogens with one attached hydrogen (secondary N) is 2. The molecular weight excluding hydrogens is 604 g/mol. The summed E-state index contributed by atoms with van der Waals surface area (Å²) in [6.45, 7) is 0.00837. The van der Waals surface area contributed by atoms with Gasteiger partial charge in [-0.1, -0.05) is 30.3 Å². The van der Waals surface area contributed by atoms with Gasteiger partial charge in [0.15, 0.2) is 5.76 Å².